The zero-order chi connectivity index (χ0) is 20.9. The average Bonchev–Trinajstić information content (AvgIpc) is 3.48. The number of fused-ring (bicyclic) bond motifs is 1. The van der Waals surface area contributed by atoms with Gasteiger partial charge in [0.2, 0.25) is 11.8 Å². The second-order valence-electron chi connectivity index (χ2n) is 8.97. The van der Waals surface area contributed by atoms with E-state index in [0.717, 1.165) is 31.3 Å². The standard InChI is InChI=1S/C22H26F2N4O2/c1-14-25-26-21(30-14)22-8-9-27(20(29)18-10-16(23)6-7-19(18)24)11-15(22)12-28(13-22)17-4-2-3-5-17/h6-7,10,15,17H,2-5,8-9,11-13H2,1H3/t15-,22-/m0/s1. The van der Waals surface area contributed by atoms with Crippen LogP contribution in [0.25, 0.3) is 0 Å². The van der Waals surface area contributed by atoms with Crippen molar-refractivity contribution in [3.05, 3.63) is 47.2 Å². The molecule has 0 spiro atoms. The molecular formula is C22H26F2N4O2. The van der Waals surface area contributed by atoms with Crippen molar-refractivity contribution in [1.29, 1.82) is 0 Å². The van der Waals surface area contributed by atoms with E-state index < -0.39 is 17.5 Å². The van der Waals surface area contributed by atoms with Crippen molar-refractivity contribution in [3.63, 3.8) is 0 Å². The molecule has 3 aliphatic rings. The first-order valence-corrected chi connectivity index (χ1v) is 10.8. The number of likely N-dealkylation sites (tertiary alicyclic amines) is 2. The summed E-state index contributed by atoms with van der Waals surface area (Å²) in [5.74, 6) is -0.452. The number of hydrogen-bond donors (Lipinski definition) is 0. The third-order valence-corrected chi connectivity index (χ3v) is 7.23. The van der Waals surface area contributed by atoms with Crippen LogP contribution in [0.4, 0.5) is 8.78 Å². The van der Waals surface area contributed by atoms with Gasteiger partial charge in [-0.05, 0) is 37.5 Å². The number of nitrogens with zero attached hydrogens (tertiary/aromatic N) is 4. The van der Waals surface area contributed by atoms with Crippen LogP contribution in [0.1, 0.15) is 54.2 Å². The Morgan fingerprint density at radius 2 is 2.00 bits per heavy atom. The third kappa shape index (κ3) is 3.21. The van der Waals surface area contributed by atoms with Crippen LogP contribution in [0.5, 0.6) is 0 Å². The lowest BCUT2D eigenvalue weighted by atomic mass is 9.72. The molecule has 6 nitrogen and oxygen atoms in total. The Morgan fingerprint density at radius 1 is 1.20 bits per heavy atom. The van der Waals surface area contributed by atoms with Crippen LogP contribution in [-0.4, -0.2) is 58.1 Å². The zero-order valence-corrected chi connectivity index (χ0v) is 17.1. The van der Waals surface area contributed by atoms with Crippen LogP contribution in [-0.2, 0) is 5.41 Å². The largest absolute Gasteiger partial charge is 0.425 e. The highest BCUT2D eigenvalue weighted by Gasteiger charge is 2.55. The summed E-state index contributed by atoms with van der Waals surface area (Å²) < 4.78 is 33.7. The summed E-state index contributed by atoms with van der Waals surface area (Å²) in [5.41, 5.74) is -0.497. The average molecular weight is 416 g/mol. The summed E-state index contributed by atoms with van der Waals surface area (Å²) >= 11 is 0. The van der Waals surface area contributed by atoms with Crippen molar-refractivity contribution in [3.8, 4) is 0 Å². The van der Waals surface area contributed by atoms with E-state index >= 15 is 0 Å². The normalized spacial score (nSPS) is 27.6. The van der Waals surface area contributed by atoms with Gasteiger partial charge in [0.05, 0.1) is 11.0 Å². The van der Waals surface area contributed by atoms with E-state index in [2.05, 4.69) is 15.1 Å². The number of aromatic nitrogens is 2. The smallest absolute Gasteiger partial charge is 0.256 e. The number of piperidine rings is 1. The van der Waals surface area contributed by atoms with Crippen LogP contribution in [0, 0.1) is 24.5 Å². The van der Waals surface area contributed by atoms with Crippen molar-refractivity contribution in [2.45, 2.75) is 50.5 Å². The fourth-order valence-corrected chi connectivity index (χ4v) is 5.63. The van der Waals surface area contributed by atoms with Crippen molar-refractivity contribution >= 4 is 5.91 Å². The first-order chi connectivity index (χ1) is 14.5. The van der Waals surface area contributed by atoms with Gasteiger partial charge >= 0.3 is 0 Å². The fraction of sp³-hybridized carbons (Fsp3) is 0.591. The molecule has 0 N–H and O–H groups in total. The minimum Gasteiger partial charge on any atom is -0.425 e. The van der Waals surface area contributed by atoms with Crippen molar-refractivity contribution in [2.24, 2.45) is 5.92 Å². The number of aryl methyl sites for hydroxylation is 1. The van der Waals surface area contributed by atoms with E-state index in [9.17, 15) is 13.6 Å². The SMILES string of the molecule is Cc1nnc([C@]23CCN(C(=O)c4cc(F)ccc4F)C[C@H]2CN(C2CCCC2)C3)o1. The molecule has 2 saturated heterocycles. The highest BCUT2D eigenvalue weighted by atomic mass is 19.1. The minimum atomic E-state index is -0.690. The predicted molar refractivity (Wildman–Crippen MR) is 105 cm³/mol. The van der Waals surface area contributed by atoms with Crippen molar-refractivity contribution in [1.82, 2.24) is 20.0 Å². The van der Waals surface area contributed by atoms with Crippen molar-refractivity contribution in [2.75, 3.05) is 26.2 Å². The maximum atomic E-state index is 14.2. The Hall–Kier alpha value is -2.35. The van der Waals surface area contributed by atoms with E-state index in [-0.39, 0.29) is 16.9 Å². The molecule has 0 unspecified atom stereocenters. The highest BCUT2D eigenvalue weighted by molar-refractivity contribution is 5.94. The Morgan fingerprint density at radius 3 is 2.73 bits per heavy atom. The van der Waals surface area contributed by atoms with E-state index in [1.54, 1.807) is 11.8 Å². The summed E-state index contributed by atoms with van der Waals surface area (Å²) in [6, 6.07) is 3.58. The molecule has 8 heteroatoms. The van der Waals surface area contributed by atoms with Gasteiger partial charge < -0.3 is 9.32 Å². The van der Waals surface area contributed by atoms with Gasteiger partial charge in [-0.2, -0.15) is 0 Å². The molecule has 2 atom stereocenters. The van der Waals surface area contributed by atoms with E-state index in [0.29, 0.717) is 37.3 Å². The topological polar surface area (TPSA) is 62.5 Å². The maximum absolute atomic E-state index is 14.2. The molecule has 3 fully saturated rings. The molecule has 0 bridgehead atoms. The molecule has 5 rings (SSSR count). The zero-order valence-electron chi connectivity index (χ0n) is 17.1. The second-order valence-corrected chi connectivity index (χ2v) is 8.97. The molecule has 1 amide bonds. The van der Waals surface area contributed by atoms with Crippen LogP contribution < -0.4 is 0 Å². The van der Waals surface area contributed by atoms with E-state index in [4.69, 9.17) is 4.42 Å². The molecule has 0 radical (unpaired) electrons. The van der Waals surface area contributed by atoms with E-state index in [1.165, 1.54) is 25.7 Å². The summed E-state index contributed by atoms with van der Waals surface area (Å²) in [6.07, 6.45) is 5.57. The maximum Gasteiger partial charge on any atom is 0.256 e. The van der Waals surface area contributed by atoms with Gasteiger partial charge in [0.25, 0.3) is 5.91 Å². The van der Waals surface area contributed by atoms with E-state index in [1.807, 2.05) is 0 Å². The predicted octanol–water partition coefficient (Wildman–Crippen LogP) is 3.31. The molecule has 160 valence electrons. The first kappa shape index (κ1) is 19.6. The van der Waals surface area contributed by atoms with Gasteiger partial charge in [0, 0.05) is 45.1 Å². The summed E-state index contributed by atoms with van der Waals surface area (Å²) in [7, 11) is 0. The number of carbonyl (C=O) groups excluding carboxylic acids is 1. The molecule has 1 aromatic carbocycles. The summed E-state index contributed by atoms with van der Waals surface area (Å²) in [4.78, 5) is 17.2. The fourth-order valence-electron chi connectivity index (χ4n) is 5.63. The van der Waals surface area contributed by atoms with Crippen molar-refractivity contribution < 1.29 is 18.0 Å². The third-order valence-electron chi connectivity index (χ3n) is 7.23. The number of hydrogen-bond acceptors (Lipinski definition) is 5. The Bertz CT molecular complexity index is 958. The number of rotatable bonds is 3. The second kappa shape index (κ2) is 7.41. The van der Waals surface area contributed by atoms with Gasteiger partial charge in [0.15, 0.2) is 0 Å². The number of amides is 1. The van der Waals surface area contributed by atoms with Crippen LogP contribution in [0.15, 0.2) is 22.6 Å². The lowest BCUT2D eigenvalue weighted by Crippen LogP contribution is -2.51. The number of halogens is 2. The van der Waals surface area contributed by atoms with Crippen LogP contribution >= 0.6 is 0 Å². The summed E-state index contributed by atoms with van der Waals surface area (Å²) in [5, 5.41) is 8.42. The first-order valence-electron chi connectivity index (χ1n) is 10.8. The van der Waals surface area contributed by atoms with Crippen LogP contribution in [0.2, 0.25) is 0 Å². The number of benzene rings is 1. The Kier molecular flexibility index (Phi) is 4.84. The van der Waals surface area contributed by atoms with Crippen LogP contribution in [0.3, 0.4) is 0 Å². The quantitative estimate of drug-likeness (QED) is 0.768. The van der Waals surface area contributed by atoms with Gasteiger partial charge in [-0.15, -0.1) is 10.2 Å². The van der Waals surface area contributed by atoms with Gasteiger partial charge in [-0.1, -0.05) is 12.8 Å². The highest BCUT2D eigenvalue weighted by Crippen LogP contribution is 2.46. The molecular weight excluding hydrogens is 390 g/mol. The van der Waals surface area contributed by atoms with Gasteiger partial charge in [0.1, 0.15) is 11.6 Å². The molecule has 30 heavy (non-hydrogen) atoms. The van der Waals surface area contributed by atoms with Gasteiger partial charge in [-0.3, -0.25) is 9.69 Å². The Labute approximate surface area is 174 Å². The minimum absolute atomic E-state index is 0.118. The molecule has 1 saturated carbocycles. The van der Waals surface area contributed by atoms with Gasteiger partial charge in [-0.25, -0.2) is 8.78 Å². The lowest BCUT2D eigenvalue weighted by molar-refractivity contribution is 0.0563. The molecule has 1 aromatic heterocycles. The molecule has 2 aromatic rings. The molecule has 2 aliphatic heterocycles. The Balaban J connectivity index is 1.43. The molecule has 1 aliphatic carbocycles. The number of carbonyl (C=O) groups is 1. The monoisotopic (exact) mass is 416 g/mol. The lowest BCUT2D eigenvalue weighted by Gasteiger charge is -2.41. The molecule has 3 heterocycles. The summed E-state index contributed by atoms with van der Waals surface area (Å²) in [6.45, 7) is 4.41.